The van der Waals surface area contributed by atoms with E-state index in [1.807, 2.05) is 30.0 Å². The summed E-state index contributed by atoms with van der Waals surface area (Å²) in [5.74, 6) is 1.16. The molecule has 1 fully saturated rings. The van der Waals surface area contributed by atoms with Gasteiger partial charge in [0.05, 0.1) is 6.54 Å². The van der Waals surface area contributed by atoms with Gasteiger partial charge in [0, 0.05) is 15.8 Å². The van der Waals surface area contributed by atoms with E-state index >= 15 is 0 Å². The van der Waals surface area contributed by atoms with Crippen LogP contribution in [-0.2, 0) is 0 Å². The average molecular weight is 326 g/mol. The summed E-state index contributed by atoms with van der Waals surface area (Å²) >= 11 is 1.94. The van der Waals surface area contributed by atoms with Gasteiger partial charge in [-0.15, -0.1) is 11.8 Å². The molecule has 23 heavy (non-hydrogen) atoms. The minimum atomic E-state index is 0.164. The predicted molar refractivity (Wildman–Crippen MR) is 97.8 cm³/mol. The van der Waals surface area contributed by atoms with E-state index in [2.05, 4.69) is 45.6 Å². The summed E-state index contributed by atoms with van der Waals surface area (Å²) in [4.78, 5) is 10.1. The third kappa shape index (κ3) is 4.48. The molecule has 1 aromatic heterocycles. The Labute approximate surface area is 141 Å². The van der Waals surface area contributed by atoms with Crippen molar-refractivity contribution in [1.29, 1.82) is 0 Å². The maximum atomic E-state index is 6.03. The molecule has 1 aliphatic rings. The second-order valence-electron chi connectivity index (χ2n) is 5.85. The number of thioether (sulfide) groups is 1. The largest absolute Gasteiger partial charge is 0.370 e. The van der Waals surface area contributed by atoms with Crippen molar-refractivity contribution >= 4 is 23.5 Å². The number of nitrogens with two attached hydrogens (primary N) is 1. The van der Waals surface area contributed by atoms with E-state index in [0.717, 1.165) is 12.4 Å². The molecule has 0 radical (unpaired) electrons. The zero-order valence-electron chi connectivity index (χ0n) is 13.1. The number of anilines is 1. The van der Waals surface area contributed by atoms with Crippen molar-refractivity contribution in [3.8, 4) is 0 Å². The number of nitrogens with zero attached hydrogens (tertiary/aromatic N) is 2. The van der Waals surface area contributed by atoms with Gasteiger partial charge < -0.3 is 11.1 Å². The predicted octanol–water partition coefficient (Wildman–Crippen LogP) is 3.91. The average Bonchev–Trinajstić information content (AvgIpc) is 3.04. The molecule has 3 rings (SSSR count). The number of nitrogens with one attached hydrogen (secondary N) is 1. The molecule has 0 bridgehead atoms. The number of pyridine rings is 1. The molecule has 0 aliphatic heterocycles. The topological polar surface area (TPSA) is 63.3 Å². The smallest absolute Gasteiger partial charge is 0.194 e. The summed E-state index contributed by atoms with van der Waals surface area (Å²) in [7, 11) is 0. The van der Waals surface area contributed by atoms with Crippen LogP contribution >= 0.6 is 11.8 Å². The summed E-state index contributed by atoms with van der Waals surface area (Å²) in [6.45, 7) is 0.734. The quantitative estimate of drug-likeness (QED) is 0.646. The summed E-state index contributed by atoms with van der Waals surface area (Å²) in [5.41, 5.74) is 6.03. The third-order valence-electron chi connectivity index (χ3n) is 4.05. The normalized spacial score (nSPS) is 17.1. The number of benzene rings is 1. The molecule has 1 aliphatic carbocycles. The molecule has 4 nitrogen and oxygen atoms in total. The lowest BCUT2D eigenvalue weighted by Crippen LogP contribution is -2.29. The van der Waals surface area contributed by atoms with E-state index in [0.29, 0.717) is 5.96 Å². The Balaban J connectivity index is 1.66. The van der Waals surface area contributed by atoms with Crippen LogP contribution in [-0.4, -0.2) is 22.2 Å². The highest BCUT2D eigenvalue weighted by Crippen LogP contribution is 2.45. The van der Waals surface area contributed by atoms with Crippen LogP contribution in [0, 0.1) is 0 Å². The van der Waals surface area contributed by atoms with Gasteiger partial charge in [-0.1, -0.05) is 37.1 Å². The first-order valence-electron chi connectivity index (χ1n) is 7.98. The molecule has 2 aromatic rings. The van der Waals surface area contributed by atoms with Crippen LogP contribution in [0.3, 0.4) is 0 Å². The SMILES string of the molecule is NC(=NCC1(Sc2ccccc2)CCCC1)Nc1ccccn1. The Morgan fingerprint density at radius 1 is 1.13 bits per heavy atom. The highest BCUT2D eigenvalue weighted by atomic mass is 32.2. The maximum Gasteiger partial charge on any atom is 0.194 e. The van der Waals surface area contributed by atoms with Crippen LogP contribution in [0.1, 0.15) is 25.7 Å². The van der Waals surface area contributed by atoms with Crippen LogP contribution < -0.4 is 11.1 Å². The van der Waals surface area contributed by atoms with Crippen molar-refractivity contribution in [3.63, 3.8) is 0 Å². The van der Waals surface area contributed by atoms with Crippen LogP contribution in [0.15, 0.2) is 64.6 Å². The van der Waals surface area contributed by atoms with Crippen molar-refractivity contribution in [2.24, 2.45) is 10.7 Å². The van der Waals surface area contributed by atoms with E-state index in [1.54, 1.807) is 6.20 Å². The van der Waals surface area contributed by atoms with Crippen LogP contribution in [0.2, 0.25) is 0 Å². The summed E-state index contributed by atoms with van der Waals surface area (Å²) in [5, 5.41) is 3.05. The fourth-order valence-corrected chi connectivity index (χ4v) is 4.30. The Hall–Kier alpha value is -2.01. The maximum absolute atomic E-state index is 6.03. The van der Waals surface area contributed by atoms with E-state index in [9.17, 15) is 0 Å². The number of aliphatic imine (C=N–C) groups is 1. The number of guanidine groups is 1. The Morgan fingerprint density at radius 3 is 2.57 bits per heavy atom. The highest BCUT2D eigenvalue weighted by Gasteiger charge is 2.34. The Morgan fingerprint density at radius 2 is 1.87 bits per heavy atom. The molecule has 0 unspecified atom stereocenters. The molecule has 0 spiro atoms. The fraction of sp³-hybridized carbons (Fsp3) is 0.333. The first kappa shape index (κ1) is 15.9. The van der Waals surface area contributed by atoms with E-state index in [1.165, 1.54) is 30.6 Å². The first-order valence-corrected chi connectivity index (χ1v) is 8.80. The summed E-state index contributed by atoms with van der Waals surface area (Å²) in [6, 6.07) is 16.3. The first-order chi connectivity index (χ1) is 11.3. The van der Waals surface area contributed by atoms with Crippen molar-refractivity contribution in [1.82, 2.24) is 4.98 Å². The zero-order chi connectivity index (χ0) is 16.0. The van der Waals surface area contributed by atoms with Gasteiger partial charge in [0.25, 0.3) is 0 Å². The molecule has 0 atom stereocenters. The van der Waals surface area contributed by atoms with E-state index in [-0.39, 0.29) is 4.75 Å². The molecule has 3 N–H and O–H groups in total. The monoisotopic (exact) mass is 326 g/mol. The summed E-state index contributed by atoms with van der Waals surface area (Å²) in [6.07, 6.45) is 6.64. The lowest BCUT2D eigenvalue weighted by atomic mass is 10.1. The fourth-order valence-electron chi connectivity index (χ4n) is 2.89. The lowest BCUT2D eigenvalue weighted by Gasteiger charge is -2.26. The highest BCUT2D eigenvalue weighted by molar-refractivity contribution is 8.00. The van der Waals surface area contributed by atoms with Crippen LogP contribution in [0.4, 0.5) is 5.82 Å². The van der Waals surface area contributed by atoms with Gasteiger partial charge >= 0.3 is 0 Å². The van der Waals surface area contributed by atoms with Gasteiger partial charge in [0.15, 0.2) is 5.96 Å². The number of aromatic nitrogens is 1. The lowest BCUT2D eigenvalue weighted by molar-refractivity contribution is 0.620. The molecular weight excluding hydrogens is 304 g/mol. The van der Waals surface area contributed by atoms with Crippen LogP contribution in [0.25, 0.3) is 0 Å². The molecular formula is C18H22N4S. The van der Waals surface area contributed by atoms with Crippen molar-refractivity contribution in [2.75, 3.05) is 11.9 Å². The third-order valence-corrected chi connectivity index (χ3v) is 5.53. The van der Waals surface area contributed by atoms with Gasteiger partial charge in [-0.3, -0.25) is 4.99 Å². The Kier molecular flexibility index (Phi) is 5.18. The number of hydrogen-bond acceptors (Lipinski definition) is 3. The molecule has 1 aromatic carbocycles. The van der Waals surface area contributed by atoms with Gasteiger partial charge in [-0.2, -0.15) is 0 Å². The molecule has 5 heteroatoms. The van der Waals surface area contributed by atoms with Gasteiger partial charge in [0.1, 0.15) is 5.82 Å². The van der Waals surface area contributed by atoms with E-state index in [4.69, 9.17) is 5.73 Å². The van der Waals surface area contributed by atoms with Gasteiger partial charge in [0.2, 0.25) is 0 Å². The van der Waals surface area contributed by atoms with Gasteiger partial charge in [-0.05, 0) is 37.1 Å². The number of hydrogen-bond donors (Lipinski definition) is 2. The summed E-state index contributed by atoms with van der Waals surface area (Å²) < 4.78 is 0.164. The second-order valence-corrected chi connectivity index (χ2v) is 7.39. The van der Waals surface area contributed by atoms with Crippen molar-refractivity contribution < 1.29 is 0 Å². The minimum Gasteiger partial charge on any atom is -0.370 e. The molecule has 1 heterocycles. The zero-order valence-corrected chi connectivity index (χ0v) is 13.9. The van der Waals surface area contributed by atoms with Crippen molar-refractivity contribution in [2.45, 2.75) is 35.3 Å². The van der Waals surface area contributed by atoms with Crippen molar-refractivity contribution in [3.05, 3.63) is 54.7 Å². The molecule has 0 saturated heterocycles. The minimum absolute atomic E-state index is 0.164. The standard InChI is InChI=1S/C18H22N4S/c19-17(22-16-10-4-7-13-20-16)21-14-18(11-5-6-12-18)23-15-8-2-1-3-9-15/h1-4,7-10,13H,5-6,11-12,14H2,(H3,19,20,21,22). The second kappa shape index (κ2) is 7.51. The van der Waals surface area contributed by atoms with Crippen LogP contribution in [0.5, 0.6) is 0 Å². The van der Waals surface area contributed by atoms with E-state index < -0.39 is 0 Å². The molecule has 1 saturated carbocycles. The molecule has 120 valence electrons. The molecule has 0 amide bonds. The van der Waals surface area contributed by atoms with Gasteiger partial charge in [-0.25, -0.2) is 4.98 Å². The Bertz CT molecular complexity index is 637. The number of rotatable bonds is 5.